The lowest BCUT2D eigenvalue weighted by Crippen LogP contribution is -2.46. The molecule has 0 radical (unpaired) electrons. The summed E-state index contributed by atoms with van der Waals surface area (Å²) < 4.78 is 16.3. The van der Waals surface area contributed by atoms with Crippen LogP contribution in [0.1, 0.15) is 24.8 Å². The van der Waals surface area contributed by atoms with Crippen LogP contribution < -0.4 is 15.8 Å². The summed E-state index contributed by atoms with van der Waals surface area (Å²) in [6, 6.07) is 7.59. The fourth-order valence-corrected chi connectivity index (χ4v) is 3.10. The van der Waals surface area contributed by atoms with Crippen LogP contribution in [0.3, 0.4) is 0 Å². The Balaban J connectivity index is 1.76. The van der Waals surface area contributed by atoms with E-state index in [1.807, 2.05) is 18.2 Å². The van der Waals surface area contributed by atoms with Crippen molar-refractivity contribution in [3.8, 4) is 5.75 Å². The Bertz CT molecular complexity index is 630. The molecule has 1 aromatic carbocycles. The highest BCUT2D eigenvalue weighted by Crippen LogP contribution is 2.15. The van der Waals surface area contributed by atoms with Gasteiger partial charge in [0.15, 0.2) is 12.6 Å². The van der Waals surface area contributed by atoms with E-state index in [-0.39, 0.29) is 6.61 Å². The third-order valence-corrected chi connectivity index (χ3v) is 4.53. The molecule has 0 bridgehead atoms. The van der Waals surface area contributed by atoms with Crippen molar-refractivity contribution in [3.05, 3.63) is 29.8 Å². The summed E-state index contributed by atoms with van der Waals surface area (Å²) in [5.74, 6) is 1.01. The molecule has 0 saturated carbocycles. The fourth-order valence-electron chi connectivity index (χ4n) is 3.10. The predicted molar refractivity (Wildman–Crippen MR) is 108 cm³/mol. The molecule has 0 aliphatic carbocycles. The first-order valence-corrected chi connectivity index (χ1v) is 9.68. The molecule has 0 aromatic heterocycles. The van der Waals surface area contributed by atoms with Gasteiger partial charge in [0.25, 0.3) is 5.91 Å². The van der Waals surface area contributed by atoms with Gasteiger partial charge in [-0.1, -0.05) is 12.1 Å². The number of guanidine groups is 1. The summed E-state index contributed by atoms with van der Waals surface area (Å²) in [7, 11) is 3.50. The molecule has 8 heteroatoms. The van der Waals surface area contributed by atoms with Crippen LogP contribution in [-0.2, 0) is 20.8 Å². The smallest absolute Gasteiger partial charge is 0.255 e. The molecule has 1 amide bonds. The lowest BCUT2D eigenvalue weighted by Gasteiger charge is -2.34. The Kier molecular flexibility index (Phi) is 9.57. The quantitative estimate of drug-likeness (QED) is 0.352. The van der Waals surface area contributed by atoms with Crippen molar-refractivity contribution < 1.29 is 19.0 Å². The van der Waals surface area contributed by atoms with Crippen molar-refractivity contribution in [2.24, 2.45) is 10.7 Å². The summed E-state index contributed by atoms with van der Waals surface area (Å²) in [4.78, 5) is 17.5. The molecule has 1 aliphatic rings. The van der Waals surface area contributed by atoms with Gasteiger partial charge in [0, 0.05) is 47.0 Å². The zero-order chi connectivity index (χ0) is 20.2. The number of ether oxygens (including phenoxy) is 3. The number of hydrogen-bond acceptors (Lipinski definition) is 5. The minimum atomic E-state index is -0.491. The van der Waals surface area contributed by atoms with Crippen LogP contribution in [-0.4, -0.2) is 69.9 Å². The molecule has 28 heavy (non-hydrogen) atoms. The fraction of sp³-hybridized carbons (Fsp3) is 0.600. The summed E-state index contributed by atoms with van der Waals surface area (Å²) >= 11 is 0. The van der Waals surface area contributed by atoms with E-state index in [0.29, 0.717) is 18.4 Å². The van der Waals surface area contributed by atoms with E-state index in [2.05, 4.69) is 15.2 Å². The predicted octanol–water partition coefficient (Wildman–Crippen LogP) is 1.14. The van der Waals surface area contributed by atoms with E-state index in [0.717, 1.165) is 57.1 Å². The zero-order valence-corrected chi connectivity index (χ0v) is 16.9. The molecule has 0 atom stereocenters. The van der Waals surface area contributed by atoms with Crippen molar-refractivity contribution in [2.45, 2.75) is 31.9 Å². The number of likely N-dealkylation sites (tertiary alicyclic amines) is 1. The van der Waals surface area contributed by atoms with Crippen molar-refractivity contribution >= 4 is 11.9 Å². The molecule has 1 aliphatic heterocycles. The molecule has 2 rings (SSSR count). The minimum Gasteiger partial charge on any atom is -0.484 e. The molecule has 8 nitrogen and oxygen atoms in total. The van der Waals surface area contributed by atoms with Gasteiger partial charge in [-0.15, -0.1) is 0 Å². The Morgan fingerprint density at radius 2 is 2.11 bits per heavy atom. The van der Waals surface area contributed by atoms with Crippen LogP contribution in [0.15, 0.2) is 29.3 Å². The first kappa shape index (κ1) is 22.0. The van der Waals surface area contributed by atoms with Crippen LogP contribution in [0.4, 0.5) is 0 Å². The maximum atomic E-state index is 10.8. The largest absolute Gasteiger partial charge is 0.484 e. The average molecular weight is 393 g/mol. The number of nitrogens with one attached hydrogen (secondary N) is 1. The number of rotatable bonds is 10. The zero-order valence-electron chi connectivity index (χ0n) is 16.9. The standard InChI is InChI=1S/C20H32N4O4/c1-22-20(24-9-7-17(8-10-24)27-12-4-11-26-2)23-14-16-5-3-6-18(13-16)28-15-19(21)25/h3,5-6,13,17H,4,7-12,14-15H2,1-2H3,(H2,21,25)(H,22,23). The van der Waals surface area contributed by atoms with Crippen molar-refractivity contribution in [1.82, 2.24) is 10.2 Å². The maximum Gasteiger partial charge on any atom is 0.255 e. The molecule has 156 valence electrons. The van der Waals surface area contributed by atoms with Gasteiger partial charge < -0.3 is 30.2 Å². The van der Waals surface area contributed by atoms with Gasteiger partial charge in [0.05, 0.1) is 6.10 Å². The number of carbonyl (C=O) groups is 1. The number of methoxy groups -OCH3 is 1. The molecular weight excluding hydrogens is 360 g/mol. The average Bonchev–Trinajstić information content (AvgIpc) is 2.71. The normalized spacial score (nSPS) is 15.5. The first-order chi connectivity index (χ1) is 13.6. The number of hydrogen-bond donors (Lipinski definition) is 2. The van der Waals surface area contributed by atoms with Gasteiger partial charge in [-0.3, -0.25) is 9.79 Å². The highest BCUT2D eigenvalue weighted by molar-refractivity contribution is 5.80. The highest BCUT2D eigenvalue weighted by Gasteiger charge is 2.21. The SMILES string of the molecule is CN=C(NCc1cccc(OCC(N)=O)c1)N1CCC(OCCCOC)CC1. The summed E-state index contributed by atoms with van der Waals surface area (Å²) in [5, 5.41) is 3.39. The monoisotopic (exact) mass is 392 g/mol. The molecule has 1 heterocycles. The van der Waals surface area contributed by atoms with Gasteiger partial charge in [-0.25, -0.2) is 0 Å². The van der Waals surface area contributed by atoms with E-state index >= 15 is 0 Å². The number of benzene rings is 1. The third-order valence-electron chi connectivity index (χ3n) is 4.53. The number of carbonyl (C=O) groups excluding carboxylic acids is 1. The first-order valence-electron chi connectivity index (χ1n) is 9.68. The van der Waals surface area contributed by atoms with E-state index in [9.17, 15) is 4.79 Å². The van der Waals surface area contributed by atoms with Crippen molar-refractivity contribution in [3.63, 3.8) is 0 Å². The second-order valence-electron chi connectivity index (χ2n) is 6.71. The lowest BCUT2D eigenvalue weighted by atomic mass is 10.1. The van der Waals surface area contributed by atoms with Crippen LogP contribution >= 0.6 is 0 Å². The number of primary amides is 1. The molecule has 1 saturated heterocycles. The van der Waals surface area contributed by atoms with Crippen molar-refractivity contribution in [1.29, 1.82) is 0 Å². The van der Waals surface area contributed by atoms with Crippen molar-refractivity contribution in [2.75, 3.05) is 47.1 Å². The maximum absolute atomic E-state index is 10.8. The number of nitrogens with two attached hydrogens (primary N) is 1. The molecule has 0 spiro atoms. The number of piperidine rings is 1. The summed E-state index contributed by atoms with van der Waals surface area (Å²) in [6.07, 6.45) is 3.22. The van der Waals surface area contributed by atoms with Crippen LogP contribution in [0.25, 0.3) is 0 Å². The van der Waals surface area contributed by atoms with Crippen LogP contribution in [0, 0.1) is 0 Å². The van der Waals surface area contributed by atoms with Gasteiger partial charge in [-0.2, -0.15) is 0 Å². The lowest BCUT2D eigenvalue weighted by molar-refractivity contribution is -0.119. The Morgan fingerprint density at radius 1 is 1.32 bits per heavy atom. The number of aliphatic imine (C=N–C) groups is 1. The third kappa shape index (κ3) is 7.74. The highest BCUT2D eigenvalue weighted by atomic mass is 16.5. The number of nitrogens with zero attached hydrogens (tertiary/aromatic N) is 2. The molecular formula is C20H32N4O4. The Morgan fingerprint density at radius 3 is 2.79 bits per heavy atom. The second kappa shape index (κ2) is 12.2. The Hall–Kier alpha value is -2.32. The van der Waals surface area contributed by atoms with Crippen LogP contribution in [0.5, 0.6) is 5.75 Å². The van der Waals surface area contributed by atoms with Gasteiger partial charge in [0.1, 0.15) is 5.75 Å². The van der Waals surface area contributed by atoms with E-state index in [4.69, 9.17) is 19.9 Å². The molecule has 1 fully saturated rings. The Labute approximate surface area is 167 Å². The topological polar surface area (TPSA) is 98.4 Å². The van der Waals surface area contributed by atoms with E-state index < -0.39 is 5.91 Å². The van der Waals surface area contributed by atoms with E-state index in [1.54, 1.807) is 20.2 Å². The summed E-state index contributed by atoms with van der Waals surface area (Å²) in [5.41, 5.74) is 6.16. The van der Waals surface area contributed by atoms with E-state index in [1.165, 1.54) is 0 Å². The summed E-state index contributed by atoms with van der Waals surface area (Å²) in [6.45, 7) is 3.81. The second-order valence-corrected chi connectivity index (χ2v) is 6.71. The molecule has 1 aromatic rings. The minimum absolute atomic E-state index is 0.124. The van der Waals surface area contributed by atoms with Gasteiger partial charge in [-0.05, 0) is 37.0 Å². The number of amides is 1. The molecule has 0 unspecified atom stereocenters. The van der Waals surface area contributed by atoms with Gasteiger partial charge in [0.2, 0.25) is 0 Å². The van der Waals surface area contributed by atoms with Gasteiger partial charge >= 0.3 is 0 Å². The molecule has 3 N–H and O–H groups in total. The van der Waals surface area contributed by atoms with Crippen LogP contribution in [0.2, 0.25) is 0 Å².